The molecule has 1 rings (SSSR count). The number of likely N-dealkylation sites (N-methyl/N-ethyl adjacent to an activating group) is 1. The molecule has 1 heterocycles. The summed E-state index contributed by atoms with van der Waals surface area (Å²) in [5.41, 5.74) is 0.808. The molecule has 1 aromatic rings. The molecule has 0 fully saturated rings. The average Bonchev–Trinajstić information content (AvgIpc) is 2.29. The lowest BCUT2D eigenvalue weighted by atomic mass is 10.2. The highest BCUT2D eigenvalue weighted by Gasteiger charge is 2.15. The molecule has 0 unspecified atom stereocenters. The van der Waals surface area contributed by atoms with Crippen molar-refractivity contribution < 1.29 is 15.0 Å². The molecule has 0 amide bonds. The average molecular weight is 268 g/mol. The smallest absolute Gasteiger partial charge is 0.317 e. The number of carbonyl (C=O) groups is 1. The maximum Gasteiger partial charge on any atom is 0.317 e. The van der Waals surface area contributed by atoms with E-state index in [0.717, 1.165) is 12.1 Å². The van der Waals surface area contributed by atoms with Gasteiger partial charge in [-0.15, -0.1) is 0 Å². The number of pyridine rings is 1. The van der Waals surface area contributed by atoms with Gasteiger partial charge in [0.2, 0.25) is 5.43 Å². The molecule has 0 aromatic carbocycles. The quantitative estimate of drug-likeness (QED) is 0.797. The second-order valence-electron chi connectivity index (χ2n) is 4.66. The predicted octanol–water partition coefficient (Wildman–Crippen LogP) is 0.789. The molecule has 6 heteroatoms. The molecule has 0 bridgehead atoms. The Morgan fingerprint density at radius 1 is 1.47 bits per heavy atom. The van der Waals surface area contributed by atoms with Crippen molar-refractivity contribution in [2.75, 3.05) is 13.6 Å². The topological polar surface area (TPSA) is 82.8 Å². The van der Waals surface area contributed by atoms with Gasteiger partial charge in [0.05, 0.1) is 12.2 Å². The van der Waals surface area contributed by atoms with Crippen LogP contribution >= 0.6 is 0 Å². The third-order valence-electron chi connectivity index (χ3n) is 2.87. The summed E-state index contributed by atoms with van der Waals surface area (Å²) >= 11 is 0. The van der Waals surface area contributed by atoms with Gasteiger partial charge >= 0.3 is 5.97 Å². The number of hydrogen-bond acceptors (Lipinski definition) is 4. The summed E-state index contributed by atoms with van der Waals surface area (Å²) < 4.78 is 1.86. The standard InChI is InChI=1S/C13H20N2O4/c1-4-5-15-9(2)6-11(16)13(19)10(15)7-14(3)8-12(17)18/h6,19H,4-5,7-8H2,1-3H3,(H,17,18). The normalized spacial score (nSPS) is 10.9. The fourth-order valence-electron chi connectivity index (χ4n) is 2.06. The molecule has 0 saturated carbocycles. The van der Waals surface area contributed by atoms with Crippen LogP contribution in [0.15, 0.2) is 10.9 Å². The van der Waals surface area contributed by atoms with Gasteiger partial charge < -0.3 is 14.8 Å². The molecular formula is C13H20N2O4. The van der Waals surface area contributed by atoms with Crippen LogP contribution in [0.25, 0.3) is 0 Å². The molecule has 0 saturated heterocycles. The Balaban J connectivity index is 3.16. The summed E-state index contributed by atoms with van der Waals surface area (Å²) in [5.74, 6) is -1.24. The van der Waals surface area contributed by atoms with Crippen LogP contribution in [0.2, 0.25) is 0 Å². The van der Waals surface area contributed by atoms with E-state index in [0.29, 0.717) is 12.2 Å². The summed E-state index contributed by atoms with van der Waals surface area (Å²) in [7, 11) is 1.64. The summed E-state index contributed by atoms with van der Waals surface area (Å²) in [4.78, 5) is 23.8. The van der Waals surface area contributed by atoms with E-state index in [1.54, 1.807) is 18.9 Å². The number of hydrogen-bond donors (Lipinski definition) is 2. The van der Waals surface area contributed by atoms with Crippen molar-refractivity contribution in [1.82, 2.24) is 9.47 Å². The number of carboxylic acids is 1. The molecule has 19 heavy (non-hydrogen) atoms. The third kappa shape index (κ3) is 3.82. The molecule has 106 valence electrons. The van der Waals surface area contributed by atoms with E-state index >= 15 is 0 Å². The van der Waals surface area contributed by atoms with Gasteiger partial charge in [-0.1, -0.05) is 6.92 Å². The largest absolute Gasteiger partial charge is 0.503 e. The number of carboxylic acid groups (broad SMARTS) is 1. The fraction of sp³-hybridized carbons (Fsp3) is 0.538. The van der Waals surface area contributed by atoms with Gasteiger partial charge in [0.1, 0.15) is 0 Å². The Kier molecular flexibility index (Phi) is 5.11. The van der Waals surface area contributed by atoms with Crippen molar-refractivity contribution in [3.63, 3.8) is 0 Å². The van der Waals surface area contributed by atoms with Gasteiger partial charge in [0.25, 0.3) is 0 Å². The van der Waals surface area contributed by atoms with E-state index in [1.807, 2.05) is 11.5 Å². The second-order valence-corrected chi connectivity index (χ2v) is 4.66. The van der Waals surface area contributed by atoms with Crippen molar-refractivity contribution in [3.8, 4) is 5.75 Å². The van der Waals surface area contributed by atoms with Gasteiger partial charge in [0.15, 0.2) is 5.75 Å². The Bertz CT molecular complexity index is 522. The van der Waals surface area contributed by atoms with Crippen LogP contribution in [0.1, 0.15) is 24.7 Å². The van der Waals surface area contributed by atoms with Crippen LogP contribution in [0.3, 0.4) is 0 Å². The zero-order valence-corrected chi connectivity index (χ0v) is 11.5. The van der Waals surface area contributed by atoms with E-state index in [2.05, 4.69) is 0 Å². The lowest BCUT2D eigenvalue weighted by molar-refractivity contribution is -0.138. The molecule has 0 radical (unpaired) electrons. The molecule has 6 nitrogen and oxygen atoms in total. The zero-order chi connectivity index (χ0) is 14.6. The van der Waals surface area contributed by atoms with Crippen LogP contribution in [-0.4, -0.2) is 39.2 Å². The number of aromatic nitrogens is 1. The molecular weight excluding hydrogens is 248 g/mol. The molecule has 2 N–H and O–H groups in total. The van der Waals surface area contributed by atoms with E-state index in [4.69, 9.17) is 5.11 Å². The predicted molar refractivity (Wildman–Crippen MR) is 71.4 cm³/mol. The molecule has 0 atom stereocenters. The monoisotopic (exact) mass is 268 g/mol. The first kappa shape index (κ1) is 15.2. The highest BCUT2D eigenvalue weighted by Crippen LogP contribution is 2.16. The molecule has 0 spiro atoms. The van der Waals surface area contributed by atoms with Gasteiger partial charge in [-0.25, -0.2) is 0 Å². The minimum Gasteiger partial charge on any atom is -0.503 e. The van der Waals surface area contributed by atoms with Gasteiger partial charge in [-0.2, -0.15) is 0 Å². The van der Waals surface area contributed by atoms with Crippen LogP contribution in [-0.2, 0) is 17.9 Å². The maximum absolute atomic E-state index is 11.6. The van der Waals surface area contributed by atoms with Crippen LogP contribution in [0, 0.1) is 6.92 Å². The van der Waals surface area contributed by atoms with Gasteiger partial charge in [-0.05, 0) is 20.4 Å². The summed E-state index contributed by atoms with van der Waals surface area (Å²) in [6.45, 7) is 4.55. The summed E-state index contributed by atoms with van der Waals surface area (Å²) in [6, 6.07) is 1.39. The highest BCUT2D eigenvalue weighted by molar-refractivity contribution is 5.69. The van der Waals surface area contributed by atoms with E-state index < -0.39 is 11.4 Å². The Morgan fingerprint density at radius 2 is 2.11 bits per heavy atom. The molecule has 0 aliphatic rings. The van der Waals surface area contributed by atoms with Crippen molar-refractivity contribution in [3.05, 3.63) is 27.7 Å². The lowest BCUT2D eigenvalue weighted by Crippen LogP contribution is -2.28. The molecule has 1 aromatic heterocycles. The van der Waals surface area contributed by atoms with Crippen LogP contribution < -0.4 is 5.43 Å². The van der Waals surface area contributed by atoms with E-state index in [9.17, 15) is 14.7 Å². The number of rotatable bonds is 6. The molecule has 0 aliphatic heterocycles. The van der Waals surface area contributed by atoms with Crippen molar-refractivity contribution >= 4 is 5.97 Å². The number of aromatic hydroxyl groups is 1. The van der Waals surface area contributed by atoms with E-state index in [-0.39, 0.29) is 18.8 Å². The third-order valence-corrected chi connectivity index (χ3v) is 2.87. The number of aliphatic carboxylic acids is 1. The number of nitrogens with zero attached hydrogens (tertiary/aromatic N) is 2. The van der Waals surface area contributed by atoms with Gasteiger partial charge in [-0.3, -0.25) is 14.5 Å². The van der Waals surface area contributed by atoms with Crippen LogP contribution in [0.5, 0.6) is 5.75 Å². The number of aryl methyl sites for hydroxylation is 1. The summed E-state index contributed by atoms with van der Waals surface area (Å²) in [5, 5.41) is 18.6. The van der Waals surface area contributed by atoms with Crippen molar-refractivity contribution in [2.24, 2.45) is 0 Å². The van der Waals surface area contributed by atoms with Crippen molar-refractivity contribution in [2.45, 2.75) is 33.4 Å². The zero-order valence-electron chi connectivity index (χ0n) is 11.5. The van der Waals surface area contributed by atoms with Crippen LogP contribution in [0.4, 0.5) is 0 Å². The SMILES string of the molecule is CCCn1c(C)cc(=O)c(O)c1CN(C)CC(=O)O. The summed E-state index contributed by atoms with van der Waals surface area (Å²) in [6.07, 6.45) is 0.860. The Morgan fingerprint density at radius 3 is 2.63 bits per heavy atom. The second kappa shape index (κ2) is 6.38. The lowest BCUT2D eigenvalue weighted by Gasteiger charge is -2.21. The maximum atomic E-state index is 11.6. The first-order valence-electron chi connectivity index (χ1n) is 6.19. The first-order valence-corrected chi connectivity index (χ1v) is 6.19. The van der Waals surface area contributed by atoms with Crippen molar-refractivity contribution in [1.29, 1.82) is 0 Å². The minimum absolute atomic E-state index is 0.145. The Labute approximate surface area is 111 Å². The molecule has 0 aliphatic carbocycles. The highest BCUT2D eigenvalue weighted by atomic mass is 16.4. The van der Waals surface area contributed by atoms with E-state index in [1.165, 1.54) is 6.07 Å². The van der Waals surface area contributed by atoms with Gasteiger partial charge in [0, 0.05) is 24.8 Å². The first-order chi connectivity index (χ1) is 8.86. The minimum atomic E-state index is -0.945. The Hall–Kier alpha value is -1.82. The fourth-order valence-corrected chi connectivity index (χ4v) is 2.06.